The maximum atomic E-state index is 10.6. The van der Waals surface area contributed by atoms with Gasteiger partial charge in [0.15, 0.2) is 0 Å². The summed E-state index contributed by atoms with van der Waals surface area (Å²) < 4.78 is 0. The van der Waals surface area contributed by atoms with Crippen LogP contribution < -0.4 is 5.73 Å². The summed E-state index contributed by atoms with van der Waals surface area (Å²) in [7, 11) is 0. The lowest BCUT2D eigenvalue weighted by Gasteiger charge is -2.01. The Morgan fingerprint density at radius 3 is 2.81 bits per heavy atom. The Bertz CT molecular complexity index is 485. The summed E-state index contributed by atoms with van der Waals surface area (Å²) >= 11 is 5.59. The maximum absolute atomic E-state index is 10.6. The Morgan fingerprint density at radius 1 is 1.69 bits per heavy atom. The second kappa shape index (κ2) is 4.71. The van der Waals surface area contributed by atoms with Gasteiger partial charge in [-0.15, -0.1) is 0 Å². The van der Waals surface area contributed by atoms with Crippen molar-refractivity contribution < 1.29 is 9.72 Å². The molecule has 6 nitrogen and oxygen atoms in total. The van der Waals surface area contributed by atoms with Gasteiger partial charge in [-0.05, 0) is 13.0 Å². The predicted octanol–water partition coefficient (Wildman–Crippen LogP) is 1.45. The average molecular weight is 242 g/mol. The van der Waals surface area contributed by atoms with Crippen LogP contribution in [-0.2, 0) is 4.79 Å². The van der Waals surface area contributed by atoms with Crippen LogP contribution in [-0.4, -0.2) is 15.8 Å². The van der Waals surface area contributed by atoms with Gasteiger partial charge in [-0.1, -0.05) is 11.6 Å². The molecule has 16 heavy (non-hydrogen) atoms. The number of nitrogens with zero attached hydrogens (tertiary/aromatic N) is 2. The van der Waals surface area contributed by atoms with E-state index in [1.165, 1.54) is 12.1 Å². The molecule has 0 aliphatic heterocycles. The Kier molecular flexibility index (Phi) is 3.57. The van der Waals surface area contributed by atoms with Gasteiger partial charge in [-0.25, -0.2) is 4.98 Å². The first-order valence-electron chi connectivity index (χ1n) is 4.21. The normalized spacial score (nSPS) is 10.6. The Balaban J connectivity index is 3.25. The molecule has 0 aromatic carbocycles. The summed E-state index contributed by atoms with van der Waals surface area (Å²) in [5.41, 5.74) is 5.51. The monoisotopic (exact) mass is 241 g/mol. The minimum Gasteiger partial charge on any atom is -0.366 e. The molecule has 84 valence electrons. The van der Waals surface area contributed by atoms with Crippen LogP contribution in [0.3, 0.4) is 0 Å². The summed E-state index contributed by atoms with van der Waals surface area (Å²) in [6, 6.07) is 1.24. The molecule has 0 saturated carbocycles. The maximum Gasteiger partial charge on any atom is 0.307 e. The third kappa shape index (κ3) is 2.77. The fraction of sp³-hybridized carbons (Fsp3) is 0.111. The minimum absolute atomic E-state index is 0.182. The van der Waals surface area contributed by atoms with Crippen LogP contribution in [0.4, 0.5) is 5.69 Å². The first-order chi connectivity index (χ1) is 7.41. The van der Waals surface area contributed by atoms with Crippen LogP contribution in [0.15, 0.2) is 12.1 Å². The molecule has 0 unspecified atom stereocenters. The van der Waals surface area contributed by atoms with Crippen LogP contribution in [0.5, 0.6) is 0 Å². The number of amides is 1. The van der Waals surface area contributed by atoms with Crippen molar-refractivity contribution in [3.8, 4) is 0 Å². The lowest BCUT2D eigenvalue weighted by molar-refractivity contribution is -0.385. The number of carbonyl (C=O) groups excluding carboxylic acids is 1. The summed E-state index contributed by atoms with van der Waals surface area (Å²) in [6.45, 7) is 1.62. The van der Waals surface area contributed by atoms with E-state index in [9.17, 15) is 14.9 Å². The molecule has 2 N–H and O–H groups in total. The van der Waals surface area contributed by atoms with E-state index >= 15 is 0 Å². The molecule has 0 saturated heterocycles. The largest absolute Gasteiger partial charge is 0.366 e. The highest BCUT2D eigenvalue weighted by molar-refractivity contribution is 6.31. The topological polar surface area (TPSA) is 99.1 Å². The number of carbonyl (C=O) groups is 1. The van der Waals surface area contributed by atoms with Gasteiger partial charge in [0.1, 0.15) is 0 Å². The molecule has 7 heteroatoms. The molecule has 1 rings (SSSR count). The van der Waals surface area contributed by atoms with Crippen molar-refractivity contribution in [1.82, 2.24) is 4.98 Å². The molecule has 1 heterocycles. The first-order valence-corrected chi connectivity index (χ1v) is 4.58. The molecule has 0 bridgehead atoms. The zero-order valence-corrected chi connectivity index (χ0v) is 9.06. The Hall–Kier alpha value is -1.95. The highest BCUT2D eigenvalue weighted by Crippen LogP contribution is 2.25. The lowest BCUT2D eigenvalue weighted by Crippen LogP contribution is -2.05. The molecular formula is C9H8ClN3O3. The van der Waals surface area contributed by atoms with Gasteiger partial charge in [0.05, 0.1) is 4.92 Å². The van der Waals surface area contributed by atoms with E-state index in [-0.39, 0.29) is 10.8 Å². The lowest BCUT2D eigenvalue weighted by atomic mass is 10.2. The van der Waals surface area contributed by atoms with Crippen LogP contribution in [0.2, 0.25) is 5.15 Å². The second-order valence-electron chi connectivity index (χ2n) is 2.97. The molecule has 0 fully saturated rings. The minimum atomic E-state index is -0.642. The average Bonchev–Trinajstić information content (AvgIpc) is 2.15. The Labute approximate surface area is 95.9 Å². The van der Waals surface area contributed by atoms with Crippen LogP contribution in [0.25, 0.3) is 6.08 Å². The van der Waals surface area contributed by atoms with E-state index in [4.69, 9.17) is 17.3 Å². The number of nitrogens with two attached hydrogens (primary N) is 1. The van der Waals surface area contributed by atoms with Gasteiger partial charge in [0.2, 0.25) is 11.1 Å². The number of aromatic nitrogens is 1. The molecule has 0 atom stereocenters. The van der Waals surface area contributed by atoms with Crippen LogP contribution in [0.1, 0.15) is 11.3 Å². The SMILES string of the molecule is Cc1nc(Cl)c([N+](=O)[O-])cc1C=CC(N)=O. The molecule has 1 aromatic rings. The summed E-state index contributed by atoms with van der Waals surface area (Å²) in [5.74, 6) is -0.642. The van der Waals surface area contributed by atoms with E-state index in [1.807, 2.05) is 0 Å². The smallest absolute Gasteiger partial charge is 0.307 e. The van der Waals surface area contributed by atoms with Crippen molar-refractivity contribution in [2.24, 2.45) is 5.73 Å². The third-order valence-electron chi connectivity index (χ3n) is 1.81. The third-order valence-corrected chi connectivity index (χ3v) is 2.09. The number of aryl methyl sites for hydroxylation is 1. The second-order valence-corrected chi connectivity index (χ2v) is 3.32. The van der Waals surface area contributed by atoms with Crippen molar-refractivity contribution in [3.63, 3.8) is 0 Å². The molecule has 0 aliphatic rings. The van der Waals surface area contributed by atoms with Gasteiger partial charge in [0.25, 0.3) is 0 Å². The van der Waals surface area contributed by atoms with E-state index in [0.29, 0.717) is 11.3 Å². The van der Waals surface area contributed by atoms with Gasteiger partial charge in [-0.3, -0.25) is 14.9 Å². The summed E-state index contributed by atoms with van der Waals surface area (Å²) in [4.78, 5) is 24.3. The summed E-state index contributed by atoms with van der Waals surface area (Å²) in [5, 5.41) is 10.4. The van der Waals surface area contributed by atoms with E-state index in [1.54, 1.807) is 6.92 Å². The number of nitro groups is 1. The highest BCUT2D eigenvalue weighted by Gasteiger charge is 2.15. The fourth-order valence-corrected chi connectivity index (χ4v) is 1.30. The van der Waals surface area contributed by atoms with Gasteiger partial charge >= 0.3 is 5.69 Å². The van der Waals surface area contributed by atoms with Crippen molar-refractivity contribution in [2.45, 2.75) is 6.92 Å². The fourth-order valence-electron chi connectivity index (χ4n) is 1.05. The molecular weight excluding hydrogens is 234 g/mol. The van der Waals surface area contributed by atoms with Crippen molar-refractivity contribution in [3.05, 3.63) is 38.7 Å². The molecule has 1 amide bonds. The zero-order valence-electron chi connectivity index (χ0n) is 8.31. The van der Waals surface area contributed by atoms with Crippen LogP contribution >= 0.6 is 11.6 Å². The number of hydrogen-bond acceptors (Lipinski definition) is 4. The van der Waals surface area contributed by atoms with Gasteiger partial charge in [-0.2, -0.15) is 0 Å². The summed E-state index contributed by atoms with van der Waals surface area (Å²) in [6.07, 6.45) is 2.45. The molecule has 0 radical (unpaired) electrons. The predicted molar refractivity (Wildman–Crippen MR) is 58.9 cm³/mol. The number of primary amides is 1. The number of pyridine rings is 1. The molecule has 0 aliphatic carbocycles. The zero-order chi connectivity index (χ0) is 12.3. The molecule has 0 spiro atoms. The highest BCUT2D eigenvalue weighted by atomic mass is 35.5. The van der Waals surface area contributed by atoms with E-state index in [2.05, 4.69) is 4.98 Å². The van der Waals surface area contributed by atoms with Crippen molar-refractivity contribution in [2.75, 3.05) is 0 Å². The standard InChI is InChI=1S/C9H8ClN3O3/c1-5-6(2-3-8(11)14)4-7(13(15)16)9(10)12-5/h2-4H,1H3,(H2,11,14). The van der Waals surface area contributed by atoms with Gasteiger partial charge in [0, 0.05) is 23.4 Å². The molecule has 1 aromatic heterocycles. The number of hydrogen-bond donors (Lipinski definition) is 1. The van der Waals surface area contributed by atoms with Crippen LogP contribution in [0, 0.1) is 17.0 Å². The van der Waals surface area contributed by atoms with Crippen molar-refractivity contribution in [1.29, 1.82) is 0 Å². The Morgan fingerprint density at radius 2 is 2.31 bits per heavy atom. The quantitative estimate of drug-likeness (QED) is 0.375. The van der Waals surface area contributed by atoms with E-state index < -0.39 is 10.8 Å². The number of rotatable bonds is 3. The van der Waals surface area contributed by atoms with E-state index in [0.717, 1.165) is 6.08 Å². The first kappa shape index (κ1) is 12.1. The number of halogens is 1. The van der Waals surface area contributed by atoms with Gasteiger partial charge < -0.3 is 5.73 Å². The van der Waals surface area contributed by atoms with Crippen molar-refractivity contribution >= 4 is 29.3 Å².